The Morgan fingerprint density at radius 1 is 0.310 bits per heavy atom. The van der Waals surface area contributed by atoms with Gasteiger partial charge in [0.2, 0.25) is 0 Å². The second-order valence-corrected chi connectivity index (χ2v) is 15.7. The second-order valence-electron chi connectivity index (χ2n) is 14.6. The van der Waals surface area contributed by atoms with Crippen LogP contribution >= 0.6 is 11.3 Å². The van der Waals surface area contributed by atoms with Crippen LogP contribution in [0.3, 0.4) is 0 Å². The average molecular weight is 762 g/mol. The number of hydrogen-bond donors (Lipinski definition) is 0. The first-order chi connectivity index (χ1) is 28.7. The molecule has 0 fully saturated rings. The predicted molar refractivity (Wildman–Crippen MR) is 243 cm³/mol. The van der Waals surface area contributed by atoms with Crippen molar-refractivity contribution < 1.29 is 8.83 Å². The van der Waals surface area contributed by atoms with Crippen molar-refractivity contribution in [1.29, 1.82) is 0 Å². The third kappa shape index (κ3) is 6.36. The van der Waals surface area contributed by atoms with Crippen molar-refractivity contribution in [3.8, 4) is 55.3 Å². The van der Waals surface area contributed by atoms with Crippen molar-refractivity contribution >= 4 is 60.4 Å². The van der Waals surface area contributed by atoms with Gasteiger partial charge in [0.1, 0.15) is 22.7 Å². The number of fused-ring (bicyclic) bond motifs is 3. The minimum Gasteiger partial charge on any atom is -0.456 e. The minimum absolute atomic E-state index is 0.859. The largest absolute Gasteiger partial charge is 0.456 e. The maximum absolute atomic E-state index is 6.21. The van der Waals surface area contributed by atoms with E-state index in [1.807, 2.05) is 47.7 Å². The molecule has 0 aliphatic carbocycles. The Labute approximate surface area is 340 Å². The highest BCUT2D eigenvalue weighted by molar-refractivity contribution is 7.22. The van der Waals surface area contributed by atoms with E-state index in [9.17, 15) is 0 Å². The van der Waals surface area contributed by atoms with Gasteiger partial charge in [0.25, 0.3) is 0 Å². The minimum atomic E-state index is 0.859. The van der Waals surface area contributed by atoms with Crippen LogP contribution < -0.4 is 4.90 Å². The Kier molecular flexibility index (Phi) is 8.34. The normalized spacial score (nSPS) is 11.4. The van der Waals surface area contributed by atoms with Crippen LogP contribution in [0.2, 0.25) is 0 Å². The Morgan fingerprint density at radius 2 is 0.672 bits per heavy atom. The van der Waals surface area contributed by atoms with Gasteiger partial charge >= 0.3 is 0 Å². The smallest absolute Gasteiger partial charge is 0.135 e. The molecule has 0 N–H and O–H groups in total. The number of rotatable bonds is 8. The summed E-state index contributed by atoms with van der Waals surface area (Å²) in [7, 11) is 0. The van der Waals surface area contributed by atoms with E-state index >= 15 is 0 Å². The van der Waals surface area contributed by atoms with Gasteiger partial charge < -0.3 is 13.7 Å². The Hall–Kier alpha value is -7.40. The molecular weight excluding hydrogens is 727 g/mol. The maximum Gasteiger partial charge on any atom is 0.135 e. The van der Waals surface area contributed by atoms with Crippen molar-refractivity contribution in [2.45, 2.75) is 0 Å². The summed E-state index contributed by atoms with van der Waals surface area (Å²) in [5, 5.41) is 3.50. The highest BCUT2D eigenvalue weighted by Crippen LogP contribution is 2.40. The summed E-state index contributed by atoms with van der Waals surface area (Å²) in [5.74, 6) is 1.73. The molecule has 8 aromatic carbocycles. The quantitative estimate of drug-likeness (QED) is 0.154. The van der Waals surface area contributed by atoms with Crippen LogP contribution in [0.1, 0.15) is 0 Å². The lowest BCUT2D eigenvalue weighted by Crippen LogP contribution is -2.09. The number of anilines is 3. The Morgan fingerprint density at radius 3 is 1.12 bits per heavy atom. The molecule has 11 aromatic rings. The molecule has 3 aromatic heterocycles. The fourth-order valence-corrected chi connectivity index (χ4v) is 8.92. The van der Waals surface area contributed by atoms with E-state index in [4.69, 9.17) is 8.83 Å². The summed E-state index contributed by atoms with van der Waals surface area (Å²) in [6.07, 6.45) is 0. The topological polar surface area (TPSA) is 29.5 Å². The zero-order valence-corrected chi connectivity index (χ0v) is 32.2. The van der Waals surface area contributed by atoms with Gasteiger partial charge in [0, 0.05) is 48.5 Å². The number of benzene rings is 8. The van der Waals surface area contributed by atoms with E-state index in [0.29, 0.717) is 0 Å². The molecule has 0 spiro atoms. The van der Waals surface area contributed by atoms with Crippen LogP contribution in [0.4, 0.5) is 17.1 Å². The summed E-state index contributed by atoms with van der Waals surface area (Å²) in [5.41, 5.74) is 13.0. The third-order valence-electron chi connectivity index (χ3n) is 10.9. The van der Waals surface area contributed by atoms with Gasteiger partial charge in [-0.25, -0.2) is 0 Å². The van der Waals surface area contributed by atoms with Gasteiger partial charge in [-0.2, -0.15) is 0 Å². The lowest BCUT2D eigenvalue weighted by molar-refractivity contribution is 0.631. The first kappa shape index (κ1) is 33.9. The molecule has 3 nitrogen and oxygen atoms in total. The number of thiophene rings is 1. The van der Waals surface area contributed by atoms with Crippen molar-refractivity contribution in [2.24, 2.45) is 0 Å². The molecule has 11 rings (SSSR count). The highest BCUT2D eigenvalue weighted by atomic mass is 32.1. The molecule has 0 unspecified atom stereocenters. The van der Waals surface area contributed by atoms with Crippen LogP contribution in [0.15, 0.2) is 221 Å². The Bertz CT molecular complexity index is 2930. The summed E-state index contributed by atoms with van der Waals surface area (Å²) in [6.45, 7) is 0. The van der Waals surface area contributed by atoms with Crippen LogP contribution in [-0.4, -0.2) is 0 Å². The molecule has 4 heteroatoms. The van der Waals surface area contributed by atoms with Crippen molar-refractivity contribution in [3.63, 3.8) is 0 Å². The molecule has 0 bridgehead atoms. The van der Waals surface area contributed by atoms with E-state index in [0.717, 1.165) is 72.8 Å². The number of para-hydroxylation sites is 2. The van der Waals surface area contributed by atoms with Gasteiger partial charge in [-0.15, -0.1) is 11.3 Å². The van der Waals surface area contributed by atoms with Gasteiger partial charge in [-0.1, -0.05) is 127 Å². The molecule has 0 aliphatic heterocycles. The molecule has 0 amide bonds. The summed E-state index contributed by atoms with van der Waals surface area (Å²) >= 11 is 1.84. The molecule has 0 aliphatic rings. The van der Waals surface area contributed by atoms with E-state index in [2.05, 4.69) is 181 Å². The van der Waals surface area contributed by atoms with E-state index in [-0.39, 0.29) is 0 Å². The molecule has 0 saturated heterocycles. The van der Waals surface area contributed by atoms with E-state index < -0.39 is 0 Å². The molecule has 274 valence electrons. The summed E-state index contributed by atoms with van der Waals surface area (Å²) in [6, 6.07) is 75.2. The lowest BCUT2D eigenvalue weighted by Gasteiger charge is -2.26. The number of nitrogens with zero attached hydrogens (tertiary/aromatic N) is 1. The average Bonchev–Trinajstić information content (AvgIpc) is 4.05. The SMILES string of the molecule is c1ccc2oc(-c3ccc(-c4ccc(N(c5ccc(-c6ccc(-c7cc8ccccc8s7)cc6)cc5)c5ccc(-c6cc7ccccc7o6)cc5)cc4)cc3)cc2c1. The highest BCUT2D eigenvalue weighted by Gasteiger charge is 2.15. The number of hydrogen-bond acceptors (Lipinski definition) is 4. The zero-order chi connectivity index (χ0) is 38.4. The first-order valence-electron chi connectivity index (χ1n) is 19.5. The second kappa shape index (κ2) is 14.3. The van der Waals surface area contributed by atoms with Crippen molar-refractivity contribution in [2.75, 3.05) is 4.90 Å². The standard InChI is InChI=1S/C54H35NO2S/c1-4-10-49-43(7-1)33-51(56-49)40-17-13-36(14-18-40)38-21-27-46(28-22-38)55(48-31-25-41(26-32-48)52-34-44-8-2-5-11-50(44)57-52)47-29-23-39(24-30-47)37-15-19-42(20-16-37)54-35-45-9-3-6-12-53(45)58-54/h1-35H. The predicted octanol–water partition coefficient (Wildman–Crippen LogP) is 16.2. The van der Waals surface area contributed by atoms with E-state index in [1.165, 1.54) is 31.7 Å². The monoisotopic (exact) mass is 761 g/mol. The van der Waals surface area contributed by atoms with Crippen LogP contribution in [-0.2, 0) is 0 Å². The van der Waals surface area contributed by atoms with E-state index in [1.54, 1.807) is 0 Å². The lowest BCUT2D eigenvalue weighted by atomic mass is 10.0. The molecule has 0 atom stereocenters. The van der Waals surface area contributed by atoms with Crippen molar-refractivity contribution in [1.82, 2.24) is 0 Å². The molecule has 0 radical (unpaired) electrons. The third-order valence-corrected chi connectivity index (χ3v) is 12.1. The summed E-state index contributed by atoms with van der Waals surface area (Å²) < 4.78 is 13.6. The zero-order valence-electron chi connectivity index (χ0n) is 31.4. The molecule has 0 saturated carbocycles. The molecule has 58 heavy (non-hydrogen) atoms. The van der Waals surface area contributed by atoms with Gasteiger partial charge in [-0.3, -0.25) is 0 Å². The first-order valence-corrected chi connectivity index (χ1v) is 20.3. The van der Waals surface area contributed by atoms with Crippen LogP contribution in [0, 0.1) is 0 Å². The molecule has 3 heterocycles. The van der Waals surface area contributed by atoms with Crippen LogP contribution in [0.25, 0.3) is 87.4 Å². The maximum atomic E-state index is 6.21. The fraction of sp³-hybridized carbons (Fsp3) is 0. The van der Waals surface area contributed by atoms with Gasteiger partial charge in [0.05, 0.1) is 0 Å². The Balaban J connectivity index is 0.898. The molecular formula is C54H35NO2S. The van der Waals surface area contributed by atoms with Gasteiger partial charge in [0.15, 0.2) is 0 Å². The van der Waals surface area contributed by atoms with Crippen molar-refractivity contribution in [3.05, 3.63) is 212 Å². The van der Waals surface area contributed by atoms with Gasteiger partial charge in [-0.05, 0) is 118 Å². The number of furan rings is 2. The fourth-order valence-electron chi connectivity index (χ4n) is 7.85. The summed E-state index contributed by atoms with van der Waals surface area (Å²) in [4.78, 5) is 3.60. The van der Waals surface area contributed by atoms with Crippen LogP contribution in [0.5, 0.6) is 0 Å².